The Hall–Kier alpha value is -2.87. The third-order valence-corrected chi connectivity index (χ3v) is 6.31. The van der Waals surface area contributed by atoms with E-state index in [2.05, 4.69) is 23.9 Å². The Balaban J connectivity index is 2.05. The third kappa shape index (κ3) is 4.76. The zero-order chi connectivity index (χ0) is 21.0. The highest BCUT2D eigenvalue weighted by Gasteiger charge is 2.29. The lowest BCUT2D eigenvalue weighted by atomic mass is 10.2. The minimum atomic E-state index is -3.84. The quantitative estimate of drug-likeness (QED) is 0.562. The number of hydrogen-bond donors (Lipinski definition) is 0. The van der Waals surface area contributed by atoms with Gasteiger partial charge in [-0.25, -0.2) is 8.42 Å². The molecule has 0 saturated carbocycles. The molecule has 2 heterocycles. The van der Waals surface area contributed by atoms with Crippen molar-refractivity contribution in [3.8, 4) is 5.75 Å². The van der Waals surface area contributed by atoms with Crippen molar-refractivity contribution in [3.63, 3.8) is 0 Å². The van der Waals surface area contributed by atoms with Crippen LogP contribution in [0.1, 0.15) is 25.1 Å². The van der Waals surface area contributed by atoms with Gasteiger partial charge in [0.2, 0.25) is 0 Å². The second-order valence-electron chi connectivity index (χ2n) is 7.27. The van der Waals surface area contributed by atoms with E-state index in [-0.39, 0.29) is 11.4 Å². The van der Waals surface area contributed by atoms with Crippen LogP contribution in [0.15, 0.2) is 59.9 Å². The summed E-state index contributed by atoms with van der Waals surface area (Å²) in [5, 5.41) is 4.41. The molecule has 154 valence electrons. The summed E-state index contributed by atoms with van der Waals surface area (Å²) in [7, 11) is -2.26. The molecule has 0 unspecified atom stereocenters. The molecule has 29 heavy (non-hydrogen) atoms. The number of nitrogens with zero attached hydrogens (tertiary/aromatic N) is 4. The van der Waals surface area contributed by atoms with Gasteiger partial charge in [0.15, 0.2) is 0 Å². The summed E-state index contributed by atoms with van der Waals surface area (Å²) in [5.74, 6) is 1.02. The first-order chi connectivity index (χ1) is 13.8. The van der Waals surface area contributed by atoms with Gasteiger partial charge in [-0.2, -0.15) is 5.10 Å². The summed E-state index contributed by atoms with van der Waals surface area (Å²) < 4.78 is 35.6. The van der Waals surface area contributed by atoms with Crippen LogP contribution in [0.2, 0.25) is 0 Å². The maximum absolute atomic E-state index is 13.6. The number of sulfonamides is 1. The number of aryl methyl sites for hydroxylation is 1. The predicted octanol–water partition coefficient (Wildman–Crippen LogP) is 3.65. The van der Waals surface area contributed by atoms with Crippen LogP contribution >= 0.6 is 0 Å². The van der Waals surface area contributed by atoms with Crippen molar-refractivity contribution >= 4 is 15.7 Å². The van der Waals surface area contributed by atoms with Crippen LogP contribution in [0.4, 0.5) is 5.69 Å². The Morgan fingerprint density at radius 3 is 2.48 bits per heavy atom. The van der Waals surface area contributed by atoms with Gasteiger partial charge in [-0.3, -0.25) is 14.0 Å². The second-order valence-corrected chi connectivity index (χ2v) is 9.10. The first-order valence-corrected chi connectivity index (χ1v) is 10.8. The number of anilines is 1. The lowest BCUT2D eigenvalue weighted by Crippen LogP contribution is -2.30. The fourth-order valence-electron chi connectivity index (χ4n) is 3.06. The van der Waals surface area contributed by atoms with Crippen molar-refractivity contribution < 1.29 is 13.2 Å². The molecule has 8 heteroatoms. The van der Waals surface area contributed by atoms with E-state index in [1.54, 1.807) is 67.6 Å². The lowest BCUT2D eigenvalue weighted by molar-refractivity contribution is 0.415. The molecule has 0 aliphatic heterocycles. The van der Waals surface area contributed by atoms with E-state index in [0.29, 0.717) is 29.6 Å². The van der Waals surface area contributed by atoms with Crippen LogP contribution in [0.3, 0.4) is 0 Å². The zero-order valence-electron chi connectivity index (χ0n) is 17.1. The Kier molecular flexibility index (Phi) is 6.22. The number of ether oxygens (including phenoxy) is 1. The van der Waals surface area contributed by atoms with Gasteiger partial charge >= 0.3 is 0 Å². The molecule has 0 bridgehead atoms. The van der Waals surface area contributed by atoms with Crippen molar-refractivity contribution in [3.05, 3.63) is 66.2 Å². The average molecular weight is 415 g/mol. The normalized spacial score (nSPS) is 11.6. The summed E-state index contributed by atoms with van der Waals surface area (Å²) in [6, 6.07) is 10.6. The first-order valence-electron chi connectivity index (χ1n) is 9.41. The Morgan fingerprint density at radius 1 is 1.17 bits per heavy atom. The smallest absolute Gasteiger partial charge is 0.268 e. The summed E-state index contributed by atoms with van der Waals surface area (Å²) in [6.45, 7) is 6.67. The minimum Gasteiger partial charge on any atom is -0.497 e. The monoisotopic (exact) mass is 414 g/mol. The van der Waals surface area contributed by atoms with Gasteiger partial charge in [0.05, 0.1) is 25.0 Å². The van der Waals surface area contributed by atoms with Crippen LogP contribution in [-0.4, -0.2) is 30.3 Å². The molecule has 0 atom stereocenters. The van der Waals surface area contributed by atoms with Crippen LogP contribution in [0.5, 0.6) is 5.75 Å². The molecule has 0 amide bonds. The Bertz CT molecular complexity index is 1050. The first kappa shape index (κ1) is 20.9. The molecule has 0 spiro atoms. The second kappa shape index (κ2) is 8.65. The maximum Gasteiger partial charge on any atom is 0.268 e. The molecule has 3 aromatic rings. The highest BCUT2D eigenvalue weighted by Crippen LogP contribution is 2.29. The van der Waals surface area contributed by atoms with Gasteiger partial charge in [0.25, 0.3) is 10.0 Å². The van der Waals surface area contributed by atoms with E-state index in [1.165, 1.54) is 4.31 Å². The standard InChI is InChI=1S/C21H26N4O3S/c1-16(2)13-24-15-21(17(3)23-24)29(26,27)25(14-18-6-5-11-22-12-18)19-7-9-20(28-4)10-8-19/h5-12,15-16H,13-14H2,1-4H3. The lowest BCUT2D eigenvalue weighted by Gasteiger charge is -2.24. The van der Waals surface area contributed by atoms with Crippen molar-refractivity contribution in [2.75, 3.05) is 11.4 Å². The Morgan fingerprint density at radius 2 is 1.90 bits per heavy atom. The number of aromatic nitrogens is 3. The maximum atomic E-state index is 13.6. The van der Waals surface area contributed by atoms with Gasteiger partial charge in [0.1, 0.15) is 10.6 Å². The molecular weight excluding hydrogens is 388 g/mol. The zero-order valence-corrected chi connectivity index (χ0v) is 17.9. The molecule has 0 radical (unpaired) electrons. The van der Waals surface area contributed by atoms with E-state index in [1.807, 2.05) is 6.07 Å². The molecule has 1 aromatic carbocycles. The third-order valence-electron chi connectivity index (χ3n) is 4.43. The minimum absolute atomic E-state index is 0.164. The van der Waals surface area contributed by atoms with E-state index in [0.717, 1.165) is 5.56 Å². The van der Waals surface area contributed by atoms with Crippen LogP contribution in [0.25, 0.3) is 0 Å². The van der Waals surface area contributed by atoms with Gasteiger partial charge in [-0.1, -0.05) is 19.9 Å². The highest BCUT2D eigenvalue weighted by atomic mass is 32.2. The van der Waals surface area contributed by atoms with Crippen LogP contribution < -0.4 is 9.04 Å². The van der Waals surface area contributed by atoms with E-state index in [4.69, 9.17) is 4.74 Å². The van der Waals surface area contributed by atoms with E-state index in [9.17, 15) is 8.42 Å². The number of pyridine rings is 1. The molecule has 2 aromatic heterocycles. The number of hydrogen-bond acceptors (Lipinski definition) is 5. The summed E-state index contributed by atoms with van der Waals surface area (Å²) in [4.78, 5) is 4.32. The van der Waals surface area contributed by atoms with Crippen molar-refractivity contribution in [2.24, 2.45) is 5.92 Å². The fourth-order valence-corrected chi connectivity index (χ4v) is 4.68. The average Bonchev–Trinajstić information content (AvgIpc) is 3.07. The molecule has 0 fully saturated rings. The van der Waals surface area contributed by atoms with Crippen LogP contribution in [-0.2, 0) is 23.1 Å². The molecule has 0 N–H and O–H groups in total. The number of rotatable bonds is 8. The molecule has 0 saturated heterocycles. The van der Waals surface area contributed by atoms with Crippen molar-refractivity contribution in [1.82, 2.24) is 14.8 Å². The predicted molar refractivity (Wildman–Crippen MR) is 112 cm³/mol. The van der Waals surface area contributed by atoms with E-state index < -0.39 is 10.0 Å². The molecule has 3 rings (SSSR count). The largest absolute Gasteiger partial charge is 0.497 e. The number of benzene rings is 1. The fraction of sp³-hybridized carbons (Fsp3) is 0.333. The van der Waals surface area contributed by atoms with Gasteiger partial charge in [-0.05, 0) is 48.7 Å². The molecule has 0 aliphatic rings. The Labute approximate surface area is 172 Å². The molecular formula is C21H26N4O3S. The topological polar surface area (TPSA) is 77.3 Å². The number of methoxy groups -OCH3 is 1. The summed E-state index contributed by atoms with van der Waals surface area (Å²) in [6.07, 6.45) is 4.95. The molecule has 7 nitrogen and oxygen atoms in total. The van der Waals surface area contributed by atoms with E-state index >= 15 is 0 Å². The van der Waals surface area contributed by atoms with Crippen LogP contribution in [0, 0.1) is 12.8 Å². The van der Waals surface area contributed by atoms with Crippen molar-refractivity contribution in [1.29, 1.82) is 0 Å². The highest BCUT2D eigenvalue weighted by molar-refractivity contribution is 7.92. The van der Waals surface area contributed by atoms with Gasteiger partial charge in [0, 0.05) is 25.1 Å². The summed E-state index contributed by atoms with van der Waals surface area (Å²) >= 11 is 0. The summed E-state index contributed by atoms with van der Waals surface area (Å²) in [5.41, 5.74) is 1.82. The van der Waals surface area contributed by atoms with Crippen molar-refractivity contribution in [2.45, 2.75) is 38.8 Å². The SMILES string of the molecule is COc1ccc(N(Cc2cccnc2)S(=O)(=O)c2cn(CC(C)C)nc2C)cc1. The van der Waals surface area contributed by atoms with Gasteiger partial charge in [-0.15, -0.1) is 0 Å². The van der Waals surface area contributed by atoms with Gasteiger partial charge < -0.3 is 4.74 Å². The molecule has 0 aliphatic carbocycles.